The van der Waals surface area contributed by atoms with Crippen LogP contribution in [0.5, 0.6) is 0 Å². The molecule has 0 unspecified atom stereocenters. The van der Waals surface area contributed by atoms with Gasteiger partial charge in [-0.2, -0.15) is 0 Å². The fraction of sp³-hybridized carbons (Fsp3) is 0.0952. The summed E-state index contributed by atoms with van der Waals surface area (Å²) in [6.07, 6.45) is 1.21. The first-order valence-corrected chi connectivity index (χ1v) is 11.6. The van der Waals surface area contributed by atoms with Crippen molar-refractivity contribution in [1.82, 2.24) is 0 Å². The maximum atomic E-state index is 13.3. The number of anilines is 2. The number of fused-ring (bicyclic) bond motifs is 1. The molecule has 1 aromatic heterocycles. The Bertz CT molecular complexity index is 1270. The number of Topliss-reactive ketones (excluding diaryl/α,β-unsaturated/α-hetero) is 1. The van der Waals surface area contributed by atoms with Crippen molar-refractivity contribution in [2.24, 2.45) is 0 Å². The van der Waals surface area contributed by atoms with Crippen LogP contribution in [0.4, 0.5) is 15.8 Å². The van der Waals surface area contributed by atoms with E-state index >= 15 is 0 Å². The van der Waals surface area contributed by atoms with Crippen molar-refractivity contribution >= 4 is 50.1 Å². The highest BCUT2D eigenvalue weighted by Crippen LogP contribution is 2.39. The number of allylic oxidation sites excluding steroid dienone is 1. The number of carbonyl (C=O) groups excluding carboxylic acids is 1. The summed E-state index contributed by atoms with van der Waals surface area (Å²) in [4.78, 5) is 12.9. The zero-order valence-corrected chi connectivity index (χ0v) is 18.1. The molecule has 0 aliphatic carbocycles. The number of hydrogen-bond acceptors (Lipinski definition) is 5. The molecule has 2 aromatic carbocycles. The second-order valence-corrected chi connectivity index (χ2v) is 9.82. The molecule has 30 heavy (non-hydrogen) atoms. The number of carbonyl (C=O) groups is 1. The molecule has 1 aliphatic heterocycles. The van der Waals surface area contributed by atoms with Gasteiger partial charge < -0.3 is 5.32 Å². The Hall–Kier alpha value is -2.68. The predicted molar refractivity (Wildman–Crippen MR) is 118 cm³/mol. The van der Waals surface area contributed by atoms with E-state index in [-0.39, 0.29) is 11.4 Å². The van der Waals surface area contributed by atoms with Gasteiger partial charge in [0.1, 0.15) is 10.7 Å². The van der Waals surface area contributed by atoms with Crippen LogP contribution in [-0.4, -0.2) is 14.2 Å². The number of nitrogens with one attached hydrogen (secondary N) is 1. The first kappa shape index (κ1) is 20.6. The third-order valence-corrected chi connectivity index (χ3v) is 7.85. The van der Waals surface area contributed by atoms with Crippen molar-refractivity contribution in [3.05, 3.63) is 91.9 Å². The molecule has 5 nitrogen and oxygen atoms in total. The second kappa shape index (κ2) is 7.86. The van der Waals surface area contributed by atoms with Crippen LogP contribution in [0, 0.1) is 12.7 Å². The average molecular weight is 463 g/mol. The molecule has 3 aromatic rings. The van der Waals surface area contributed by atoms with Crippen molar-refractivity contribution in [2.45, 2.75) is 13.5 Å². The van der Waals surface area contributed by atoms with E-state index in [1.807, 2.05) is 0 Å². The summed E-state index contributed by atoms with van der Waals surface area (Å²) in [5.74, 6) is -0.976. The first-order valence-electron chi connectivity index (χ1n) is 8.90. The van der Waals surface area contributed by atoms with E-state index in [2.05, 4.69) is 5.32 Å². The van der Waals surface area contributed by atoms with Gasteiger partial charge in [-0.15, -0.1) is 11.3 Å². The Balaban J connectivity index is 1.75. The van der Waals surface area contributed by atoms with Crippen LogP contribution in [0.3, 0.4) is 0 Å². The Labute approximate surface area is 182 Å². The van der Waals surface area contributed by atoms with E-state index in [4.69, 9.17) is 11.6 Å². The first-order chi connectivity index (χ1) is 14.3. The van der Waals surface area contributed by atoms with Crippen molar-refractivity contribution in [3.63, 3.8) is 0 Å². The summed E-state index contributed by atoms with van der Waals surface area (Å²) >= 11 is 7.29. The van der Waals surface area contributed by atoms with Crippen LogP contribution in [0.15, 0.2) is 65.0 Å². The zero-order chi connectivity index (χ0) is 21.5. The Morgan fingerprint density at radius 2 is 1.90 bits per heavy atom. The van der Waals surface area contributed by atoms with Gasteiger partial charge in [-0.3, -0.25) is 9.10 Å². The Morgan fingerprint density at radius 3 is 2.63 bits per heavy atom. The molecular formula is C21H16ClFN2O3S2. The van der Waals surface area contributed by atoms with Crippen molar-refractivity contribution in [2.75, 3.05) is 9.62 Å². The van der Waals surface area contributed by atoms with Gasteiger partial charge in [-0.05, 0) is 53.8 Å². The number of hydrogen-bond donors (Lipinski definition) is 1. The van der Waals surface area contributed by atoms with Gasteiger partial charge in [0.15, 0.2) is 4.91 Å². The lowest BCUT2D eigenvalue weighted by atomic mass is 10.2. The topological polar surface area (TPSA) is 66.5 Å². The van der Waals surface area contributed by atoms with Gasteiger partial charge in [-0.1, -0.05) is 29.8 Å². The summed E-state index contributed by atoms with van der Waals surface area (Å²) in [5.41, 5.74) is 2.26. The number of rotatable bonds is 4. The number of benzene rings is 2. The van der Waals surface area contributed by atoms with E-state index in [0.717, 1.165) is 5.56 Å². The molecular weight excluding hydrogens is 447 g/mol. The highest BCUT2D eigenvalue weighted by atomic mass is 35.5. The van der Waals surface area contributed by atoms with Gasteiger partial charge in [0.25, 0.3) is 10.0 Å². The molecule has 0 bridgehead atoms. The molecule has 0 fully saturated rings. The van der Waals surface area contributed by atoms with Crippen molar-refractivity contribution in [1.29, 1.82) is 0 Å². The minimum absolute atomic E-state index is 0.0207. The van der Waals surface area contributed by atoms with Crippen LogP contribution >= 0.6 is 22.9 Å². The van der Waals surface area contributed by atoms with Crippen LogP contribution in [-0.2, 0) is 16.6 Å². The monoisotopic (exact) mass is 462 g/mol. The molecule has 0 radical (unpaired) electrons. The van der Waals surface area contributed by atoms with Gasteiger partial charge in [-0.25, -0.2) is 12.8 Å². The third-order valence-electron chi connectivity index (χ3n) is 4.78. The lowest BCUT2D eigenvalue weighted by molar-refractivity contribution is 0.104. The molecule has 4 rings (SSSR count). The number of thiophene rings is 1. The summed E-state index contributed by atoms with van der Waals surface area (Å²) < 4.78 is 41.1. The zero-order valence-electron chi connectivity index (χ0n) is 15.7. The lowest BCUT2D eigenvalue weighted by Crippen LogP contribution is -2.38. The Morgan fingerprint density at radius 1 is 1.17 bits per heavy atom. The Kier molecular flexibility index (Phi) is 5.40. The lowest BCUT2D eigenvalue weighted by Gasteiger charge is -2.29. The van der Waals surface area contributed by atoms with E-state index in [9.17, 15) is 17.6 Å². The summed E-state index contributed by atoms with van der Waals surface area (Å²) in [6.45, 7) is 1.77. The number of sulfonamides is 1. The van der Waals surface area contributed by atoms with E-state index in [0.29, 0.717) is 26.8 Å². The molecule has 0 saturated carbocycles. The molecule has 1 N–H and O–H groups in total. The molecule has 9 heteroatoms. The van der Waals surface area contributed by atoms with Gasteiger partial charge in [0.05, 0.1) is 12.2 Å². The average Bonchev–Trinajstić information content (AvgIpc) is 3.19. The van der Waals surface area contributed by atoms with Crippen molar-refractivity contribution < 1.29 is 17.6 Å². The van der Waals surface area contributed by atoms with E-state index in [1.165, 1.54) is 46.1 Å². The highest BCUT2D eigenvalue weighted by molar-refractivity contribution is 7.97. The minimum Gasteiger partial charge on any atom is -0.360 e. The predicted octanol–water partition coefficient (Wildman–Crippen LogP) is 5.34. The maximum absolute atomic E-state index is 13.3. The smallest absolute Gasteiger partial charge is 0.270 e. The van der Waals surface area contributed by atoms with Crippen molar-refractivity contribution in [3.8, 4) is 0 Å². The normalized spacial score (nSPS) is 16.6. The maximum Gasteiger partial charge on any atom is 0.270 e. The summed E-state index contributed by atoms with van der Waals surface area (Å²) in [6, 6.07) is 12.4. The number of halogens is 2. The van der Waals surface area contributed by atoms with E-state index in [1.54, 1.807) is 36.6 Å². The van der Waals surface area contributed by atoms with Gasteiger partial charge in [0, 0.05) is 16.9 Å². The second-order valence-electron chi connectivity index (χ2n) is 6.67. The number of nitrogens with zero attached hydrogens (tertiary/aromatic N) is 1. The van der Waals surface area contributed by atoms with E-state index < -0.39 is 21.6 Å². The van der Waals surface area contributed by atoms with Crippen LogP contribution in [0.1, 0.15) is 20.8 Å². The van der Waals surface area contributed by atoms with Crippen LogP contribution in [0.2, 0.25) is 5.02 Å². The van der Waals surface area contributed by atoms with Gasteiger partial charge in [0.2, 0.25) is 5.78 Å². The molecule has 1 aliphatic rings. The fourth-order valence-electron chi connectivity index (χ4n) is 3.12. The molecule has 0 atom stereocenters. The SMILES string of the molecule is Cc1c(Cl)cccc1NC=C1C(=O)c2sccc2N(Cc2ccc(F)cc2)S1(=O)=O. The van der Waals surface area contributed by atoms with Gasteiger partial charge >= 0.3 is 0 Å². The molecule has 0 spiro atoms. The standard InChI is InChI=1S/C21H16ClFN2O3S2/c1-13-16(22)3-2-4-17(13)24-11-19-20(26)21-18(9-10-29-21)25(30(19,27)28)12-14-5-7-15(23)8-6-14/h2-11,24H,12H2,1H3. The largest absolute Gasteiger partial charge is 0.360 e. The molecule has 2 heterocycles. The molecule has 154 valence electrons. The van der Waals surface area contributed by atoms with Crippen LogP contribution < -0.4 is 9.62 Å². The fourth-order valence-corrected chi connectivity index (χ4v) is 5.78. The third kappa shape index (κ3) is 3.62. The summed E-state index contributed by atoms with van der Waals surface area (Å²) in [5, 5.41) is 5.10. The molecule has 0 amide bonds. The quantitative estimate of drug-likeness (QED) is 0.532. The highest BCUT2D eigenvalue weighted by Gasteiger charge is 2.41. The number of ketones is 1. The summed E-state index contributed by atoms with van der Waals surface area (Å²) in [7, 11) is -4.14. The minimum atomic E-state index is -4.14. The molecule has 0 saturated heterocycles. The van der Waals surface area contributed by atoms with Crippen LogP contribution in [0.25, 0.3) is 0 Å².